The number of ether oxygens (including phenoxy) is 1. The van der Waals surface area contributed by atoms with E-state index in [1.54, 1.807) is 11.9 Å². The summed E-state index contributed by atoms with van der Waals surface area (Å²) in [4.78, 5) is 24.2. The molecule has 1 aromatic heterocycles. The number of hydrogen-bond donors (Lipinski definition) is 0. The molecule has 1 amide bonds. The molecule has 26 heavy (non-hydrogen) atoms. The highest BCUT2D eigenvalue weighted by Gasteiger charge is 2.38. The van der Waals surface area contributed by atoms with E-state index in [2.05, 4.69) is 9.97 Å². The quantitative estimate of drug-likeness (QED) is 0.840. The fourth-order valence-electron chi connectivity index (χ4n) is 3.43. The van der Waals surface area contributed by atoms with Gasteiger partial charge in [0, 0.05) is 32.3 Å². The Morgan fingerprint density at radius 3 is 2.73 bits per heavy atom. The smallest absolute Gasteiger partial charge is 0.251 e. The maximum atomic E-state index is 14.9. The second kappa shape index (κ2) is 6.99. The van der Waals surface area contributed by atoms with E-state index in [1.807, 2.05) is 35.2 Å². The third-order valence-corrected chi connectivity index (χ3v) is 5.08. The fraction of sp³-hybridized carbons (Fsp3) is 0.421. The van der Waals surface area contributed by atoms with Gasteiger partial charge in [0.2, 0.25) is 0 Å². The second-order valence-electron chi connectivity index (χ2n) is 6.74. The van der Waals surface area contributed by atoms with Gasteiger partial charge in [0.25, 0.3) is 5.91 Å². The van der Waals surface area contributed by atoms with Crippen LogP contribution in [-0.2, 0) is 9.53 Å². The molecule has 1 aromatic carbocycles. The minimum absolute atomic E-state index is 0.0142. The predicted molar refractivity (Wildman–Crippen MR) is 95.2 cm³/mol. The third kappa shape index (κ3) is 3.03. The van der Waals surface area contributed by atoms with Crippen molar-refractivity contribution in [1.29, 1.82) is 0 Å². The van der Waals surface area contributed by atoms with Crippen LogP contribution in [0.25, 0.3) is 11.3 Å². The first kappa shape index (κ1) is 16.9. The average Bonchev–Trinajstić information content (AvgIpc) is 3.16. The van der Waals surface area contributed by atoms with Crippen molar-refractivity contribution < 1.29 is 13.9 Å². The molecule has 7 heteroatoms. The largest absolute Gasteiger partial charge is 0.368 e. The molecule has 0 N–H and O–H groups in total. The molecule has 136 valence electrons. The minimum atomic E-state index is -0.426. The molecule has 2 saturated heterocycles. The zero-order valence-corrected chi connectivity index (χ0v) is 14.6. The number of carbonyl (C=O) groups excluding carboxylic acids is 1. The first-order valence-electron chi connectivity index (χ1n) is 8.84. The van der Waals surface area contributed by atoms with E-state index in [4.69, 9.17) is 4.74 Å². The van der Waals surface area contributed by atoms with E-state index in [9.17, 15) is 9.18 Å². The number of halogens is 1. The van der Waals surface area contributed by atoms with Gasteiger partial charge in [-0.25, -0.2) is 14.4 Å². The van der Waals surface area contributed by atoms with Crippen molar-refractivity contribution in [3.05, 3.63) is 42.5 Å². The summed E-state index contributed by atoms with van der Waals surface area (Å²) < 4.78 is 20.4. The molecule has 0 spiro atoms. The molecule has 1 unspecified atom stereocenters. The number of rotatable bonds is 4. The molecule has 2 aromatic rings. The van der Waals surface area contributed by atoms with Crippen molar-refractivity contribution in [2.75, 3.05) is 31.6 Å². The summed E-state index contributed by atoms with van der Waals surface area (Å²) in [5, 5.41) is 0. The maximum Gasteiger partial charge on any atom is 0.251 e. The zero-order chi connectivity index (χ0) is 18.1. The molecule has 3 heterocycles. The molecular formula is C19H21FN4O2. The number of likely N-dealkylation sites (N-methyl/N-ethyl adjacent to an activating group) is 1. The Labute approximate surface area is 151 Å². The van der Waals surface area contributed by atoms with Crippen LogP contribution >= 0.6 is 0 Å². The molecule has 4 rings (SSSR count). The van der Waals surface area contributed by atoms with Crippen molar-refractivity contribution >= 4 is 11.7 Å². The van der Waals surface area contributed by atoms with E-state index in [1.165, 1.54) is 6.33 Å². The van der Waals surface area contributed by atoms with Gasteiger partial charge in [-0.05, 0) is 12.8 Å². The molecule has 0 aliphatic carbocycles. The van der Waals surface area contributed by atoms with Crippen LogP contribution in [0, 0.1) is 5.82 Å². The monoisotopic (exact) mass is 356 g/mol. The Bertz CT molecular complexity index is 789. The lowest BCUT2D eigenvalue weighted by atomic mass is 10.1. The summed E-state index contributed by atoms with van der Waals surface area (Å²) in [5.41, 5.74) is 1.01. The third-order valence-electron chi connectivity index (χ3n) is 5.08. The highest BCUT2D eigenvalue weighted by atomic mass is 19.1. The molecule has 2 fully saturated rings. The summed E-state index contributed by atoms with van der Waals surface area (Å²) in [6, 6.07) is 9.26. The van der Waals surface area contributed by atoms with Gasteiger partial charge >= 0.3 is 0 Å². The Morgan fingerprint density at radius 2 is 2.04 bits per heavy atom. The normalized spacial score (nSPS) is 20.1. The number of nitrogens with zero attached hydrogens (tertiary/aromatic N) is 4. The zero-order valence-electron chi connectivity index (χ0n) is 14.6. The van der Waals surface area contributed by atoms with Gasteiger partial charge in [0.15, 0.2) is 11.6 Å². The van der Waals surface area contributed by atoms with Gasteiger partial charge in [-0.15, -0.1) is 0 Å². The Balaban J connectivity index is 1.45. The van der Waals surface area contributed by atoms with Crippen LogP contribution in [0.5, 0.6) is 0 Å². The highest BCUT2D eigenvalue weighted by Crippen LogP contribution is 2.29. The van der Waals surface area contributed by atoms with Gasteiger partial charge in [0.05, 0.1) is 6.04 Å². The molecule has 0 bridgehead atoms. The van der Waals surface area contributed by atoms with Crippen LogP contribution in [0.3, 0.4) is 0 Å². The lowest BCUT2D eigenvalue weighted by molar-refractivity contribution is -0.142. The summed E-state index contributed by atoms with van der Waals surface area (Å²) in [6.45, 7) is 1.75. The predicted octanol–water partition coefficient (Wildman–Crippen LogP) is 2.11. The van der Waals surface area contributed by atoms with E-state index < -0.39 is 5.82 Å². The molecule has 0 radical (unpaired) electrons. The maximum absolute atomic E-state index is 14.9. The second-order valence-corrected chi connectivity index (χ2v) is 6.74. The number of aromatic nitrogens is 2. The van der Waals surface area contributed by atoms with Gasteiger partial charge < -0.3 is 14.5 Å². The number of carbonyl (C=O) groups is 1. The van der Waals surface area contributed by atoms with Gasteiger partial charge in [0.1, 0.15) is 18.1 Å². The van der Waals surface area contributed by atoms with Crippen LogP contribution in [0.4, 0.5) is 10.2 Å². The number of amides is 1. The Morgan fingerprint density at radius 1 is 1.27 bits per heavy atom. The molecule has 0 saturated carbocycles. The summed E-state index contributed by atoms with van der Waals surface area (Å²) in [5.74, 6) is -0.126. The molecule has 2 aliphatic rings. The minimum Gasteiger partial charge on any atom is -0.368 e. The van der Waals surface area contributed by atoms with Crippen LogP contribution in [0.15, 0.2) is 36.7 Å². The topological polar surface area (TPSA) is 58.6 Å². The summed E-state index contributed by atoms with van der Waals surface area (Å²) >= 11 is 0. The highest BCUT2D eigenvalue weighted by molar-refractivity contribution is 5.81. The van der Waals surface area contributed by atoms with Crippen LogP contribution < -0.4 is 4.90 Å². The number of hydrogen-bond acceptors (Lipinski definition) is 5. The van der Waals surface area contributed by atoms with Crippen LogP contribution in [0.2, 0.25) is 0 Å². The van der Waals surface area contributed by atoms with E-state index in [0.29, 0.717) is 25.4 Å². The first-order valence-corrected chi connectivity index (χ1v) is 8.84. The first-order chi connectivity index (χ1) is 12.6. The Hall–Kier alpha value is -2.54. The van der Waals surface area contributed by atoms with Crippen LogP contribution in [-0.4, -0.2) is 59.7 Å². The lowest BCUT2D eigenvalue weighted by Gasteiger charge is -2.45. The van der Waals surface area contributed by atoms with Crippen molar-refractivity contribution in [1.82, 2.24) is 14.9 Å². The molecular weight excluding hydrogens is 335 g/mol. The van der Waals surface area contributed by atoms with Gasteiger partial charge in [-0.1, -0.05) is 30.3 Å². The van der Waals surface area contributed by atoms with E-state index in [0.717, 1.165) is 18.4 Å². The molecule has 2 aliphatic heterocycles. The standard InChI is InChI=1S/C19H21FN4O2/c1-23(19(25)15-8-5-9-26-15)14-10-24(11-14)18-16(20)17(21-12-22-18)13-6-3-2-4-7-13/h2-4,6-7,12,14-15H,5,8-11H2,1H3. The lowest BCUT2D eigenvalue weighted by Crippen LogP contribution is -2.61. The number of benzene rings is 1. The molecule has 6 nitrogen and oxygen atoms in total. The molecule has 1 atom stereocenters. The fourth-order valence-corrected chi connectivity index (χ4v) is 3.43. The van der Waals surface area contributed by atoms with Crippen molar-refractivity contribution in [3.8, 4) is 11.3 Å². The SMILES string of the molecule is CN(C(=O)C1CCCO1)C1CN(c2ncnc(-c3ccccc3)c2F)C1. The van der Waals surface area contributed by atoms with Gasteiger partial charge in [-0.3, -0.25) is 4.79 Å². The van der Waals surface area contributed by atoms with E-state index >= 15 is 0 Å². The van der Waals surface area contributed by atoms with Gasteiger partial charge in [-0.2, -0.15) is 0 Å². The Kier molecular flexibility index (Phi) is 4.55. The van der Waals surface area contributed by atoms with Crippen molar-refractivity contribution in [2.24, 2.45) is 0 Å². The van der Waals surface area contributed by atoms with Crippen molar-refractivity contribution in [2.45, 2.75) is 25.0 Å². The van der Waals surface area contributed by atoms with E-state index in [-0.39, 0.29) is 23.9 Å². The summed E-state index contributed by atoms with van der Waals surface area (Å²) in [7, 11) is 1.79. The summed E-state index contributed by atoms with van der Waals surface area (Å²) in [6.07, 6.45) is 2.76. The average molecular weight is 356 g/mol. The van der Waals surface area contributed by atoms with Crippen molar-refractivity contribution in [3.63, 3.8) is 0 Å². The number of anilines is 1. The van der Waals surface area contributed by atoms with Crippen LogP contribution in [0.1, 0.15) is 12.8 Å².